The molecule has 1 aromatic carbocycles. The zero-order valence-corrected chi connectivity index (χ0v) is 10.3. The van der Waals surface area contributed by atoms with Gasteiger partial charge < -0.3 is 10.5 Å². The molecular weight excluding hydrogens is 254 g/mol. The molecule has 0 spiro atoms. The van der Waals surface area contributed by atoms with Gasteiger partial charge in [0.15, 0.2) is 0 Å². The summed E-state index contributed by atoms with van der Waals surface area (Å²) in [5.41, 5.74) is 6.70. The maximum atomic E-state index is 5.92. The van der Waals surface area contributed by atoms with E-state index in [-0.39, 0.29) is 0 Å². The van der Waals surface area contributed by atoms with Crippen LogP contribution in [0, 0.1) is 0 Å². The fourth-order valence-corrected chi connectivity index (χ4v) is 2.47. The first kappa shape index (κ1) is 11.0. The topological polar surface area (TPSA) is 35.2 Å². The summed E-state index contributed by atoms with van der Waals surface area (Å²) in [5, 5.41) is 0. The van der Waals surface area contributed by atoms with E-state index in [1.165, 1.54) is 25.7 Å². The second-order valence-corrected chi connectivity index (χ2v) is 4.85. The first-order valence-corrected chi connectivity index (χ1v) is 6.24. The maximum absolute atomic E-state index is 5.92. The third kappa shape index (κ3) is 2.73. The molecule has 2 rings (SSSR count). The fraction of sp³-hybridized carbons (Fsp3) is 0.500. The number of rotatable bonds is 3. The van der Waals surface area contributed by atoms with Gasteiger partial charge >= 0.3 is 0 Å². The Hall–Kier alpha value is -0.540. The molecule has 0 aliphatic heterocycles. The molecule has 1 aliphatic rings. The third-order valence-corrected chi connectivity index (χ3v) is 3.45. The highest BCUT2D eigenvalue weighted by Crippen LogP contribution is 2.30. The van der Waals surface area contributed by atoms with Crippen LogP contribution in [0.5, 0.6) is 5.75 Å². The second kappa shape index (κ2) is 4.99. The molecule has 3 heteroatoms. The monoisotopic (exact) mass is 269 g/mol. The van der Waals surface area contributed by atoms with Gasteiger partial charge in [-0.3, -0.25) is 0 Å². The Balaban J connectivity index is 2.07. The van der Waals surface area contributed by atoms with Crippen LogP contribution in [0.1, 0.15) is 31.2 Å². The van der Waals surface area contributed by atoms with Gasteiger partial charge in [0.2, 0.25) is 0 Å². The summed E-state index contributed by atoms with van der Waals surface area (Å²) in [6.45, 7) is 0.572. The molecule has 2 N–H and O–H groups in total. The van der Waals surface area contributed by atoms with Gasteiger partial charge in [-0.25, -0.2) is 0 Å². The molecule has 0 bridgehead atoms. The summed E-state index contributed by atoms with van der Waals surface area (Å²) in [5.74, 6) is 0.944. The number of ether oxygens (including phenoxy) is 1. The van der Waals surface area contributed by atoms with Crippen molar-refractivity contribution in [1.29, 1.82) is 0 Å². The molecule has 15 heavy (non-hydrogen) atoms. The Kier molecular flexibility index (Phi) is 3.65. The summed E-state index contributed by atoms with van der Waals surface area (Å²) >= 11 is 3.51. The first-order chi connectivity index (χ1) is 7.29. The van der Waals surface area contributed by atoms with Crippen molar-refractivity contribution in [3.8, 4) is 5.75 Å². The lowest BCUT2D eigenvalue weighted by Crippen LogP contribution is -2.11. The summed E-state index contributed by atoms with van der Waals surface area (Å²) in [6.07, 6.45) is 5.37. The lowest BCUT2D eigenvalue weighted by molar-refractivity contribution is 0.208. The van der Waals surface area contributed by atoms with Crippen LogP contribution < -0.4 is 10.5 Å². The molecule has 2 nitrogen and oxygen atoms in total. The summed E-state index contributed by atoms with van der Waals surface area (Å²) in [7, 11) is 0. The van der Waals surface area contributed by atoms with Gasteiger partial charge in [-0.2, -0.15) is 0 Å². The summed E-state index contributed by atoms with van der Waals surface area (Å²) in [4.78, 5) is 0. The first-order valence-electron chi connectivity index (χ1n) is 5.45. The highest BCUT2D eigenvalue weighted by Gasteiger charge is 2.17. The van der Waals surface area contributed by atoms with E-state index < -0.39 is 0 Å². The molecular formula is C12H16BrNO. The largest absolute Gasteiger partial charge is 0.489 e. The average Bonchev–Trinajstić information content (AvgIpc) is 2.74. The maximum Gasteiger partial charge on any atom is 0.133 e. The van der Waals surface area contributed by atoms with E-state index in [4.69, 9.17) is 10.5 Å². The predicted octanol–water partition coefficient (Wildman–Crippen LogP) is 3.23. The lowest BCUT2D eigenvalue weighted by Gasteiger charge is -2.14. The molecule has 0 aromatic heterocycles. The Morgan fingerprint density at radius 2 is 2.07 bits per heavy atom. The van der Waals surface area contributed by atoms with Crippen molar-refractivity contribution < 1.29 is 4.74 Å². The molecule has 1 aliphatic carbocycles. The number of nitrogens with two attached hydrogens (primary N) is 1. The minimum Gasteiger partial charge on any atom is -0.489 e. The van der Waals surface area contributed by atoms with Gasteiger partial charge in [-0.1, -0.05) is 6.07 Å². The van der Waals surface area contributed by atoms with Crippen LogP contribution in [0.2, 0.25) is 0 Å². The number of hydrogen-bond donors (Lipinski definition) is 1. The number of benzene rings is 1. The Labute approximate surface area is 98.9 Å². The van der Waals surface area contributed by atoms with Gasteiger partial charge in [0.25, 0.3) is 0 Å². The predicted molar refractivity (Wildman–Crippen MR) is 64.9 cm³/mol. The molecule has 82 valence electrons. The molecule has 1 aromatic rings. The van der Waals surface area contributed by atoms with Crippen LogP contribution in [0.3, 0.4) is 0 Å². The van der Waals surface area contributed by atoms with Crippen LogP contribution in [0.25, 0.3) is 0 Å². The van der Waals surface area contributed by atoms with Crippen LogP contribution in [-0.2, 0) is 6.54 Å². The van der Waals surface area contributed by atoms with E-state index in [2.05, 4.69) is 15.9 Å². The van der Waals surface area contributed by atoms with Gasteiger partial charge in [0.05, 0.1) is 10.6 Å². The van der Waals surface area contributed by atoms with E-state index in [0.717, 1.165) is 15.8 Å². The zero-order chi connectivity index (χ0) is 10.7. The Bertz CT molecular complexity index is 334. The van der Waals surface area contributed by atoms with Crippen LogP contribution in [0.4, 0.5) is 0 Å². The van der Waals surface area contributed by atoms with Crippen LogP contribution >= 0.6 is 15.9 Å². The van der Waals surface area contributed by atoms with Crippen molar-refractivity contribution >= 4 is 15.9 Å². The quantitative estimate of drug-likeness (QED) is 0.915. The minimum atomic E-state index is 0.407. The van der Waals surface area contributed by atoms with Gasteiger partial charge in [-0.15, -0.1) is 0 Å². The van der Waals surface area contributed by atoms with Crippen molar-refractivity contribution in [1.82, 2.24) is 0 Å². The van der Waals surface area contributed by atoms with E-state index in [1.54, 1.807) is 0 Å². The standard InChI is InChI=1S/C12H16BrNO/c13-11-7-9(8-14)5-6-12(11)15-10-3-1-2-4-10/h5-7,10H,1-4,8,14H2. The van der Waals surface area contributed by atoms with E-state index in [0.29, 0.717) is 12.6 Å². The van der Waals surface area contributed by atoms with E-state index in [9.17, 15) is 0 Å². The van der Waals surface area contributed by atoms with Gasteiger partial charge in [0.1, 0.15) is 5.75 Å². The Morgan fingerprint density at radius 3 is 2.67 bits per heavy atom. The molecule has 0 heterocycles. The number of hydrogen-bond acceptors (Lipinski definition) is 2. The molecule has 0 amide bonds. The van der Waals surface area contributed by atoms with E-state index >= 15 is 0 Å². The lowest BCUT2D eigenvalue weighted by atomic mass is 10.2. The number of halogens is 1. The highest BCUT2D eigenvalue weighted by atomic mass is 79.9. The zero-order valence-electron chi connectivity index (χ0n) is 8.71. The van der Waals surface area contributed by atoms with Crippen molar-refractivity contribution in [2.24, 2.45) is 5.73 Å². The molecule has 0 atom stereocenters. The minimum absolute atomic E-state index is 0.407. The fourth-order valence-electron chi connectivity index (χ4n) is 1.95. The van der Waals surface area contributed by atoms with Gasteiger partial charge in [-0.05, 0) is 59.3 Å². The highest BCUT2D eigenvalue weighted by molar-refractivity contribution is 9.10. The molecule has 1 saturated carbocycles. The smallest absolute Gasteiger partial charge is 0.133 e. The third-order valence-electron chi connectivity index (χ3n) is 2.83. The van der Waals surface area contributed by atoms with E-state index in [1.807, 2.05) is 18.2 Å². The molecule has 0 saturated heterocycles. The summed E-state index contributed by atoms with van der Waals surface area (Å²) in [6, 6.07) is 6.06. The SMILES string of the molecule is NCc1ccc(OC2CCCC2)c(Br)c1. The Morgan fingerprint density at radius 1 is 1.33 bits per heavy atom. The van der Waals surface area contributed by atoms with Crippen LogP contribution in [-0.4, -0.2) is 6.10 Å². The molecule has 1 fully saturated rings. The average molecular weight is 270 g/mol. The van der Waals surface area contributed by atoms with Crippen LogP contribution in [0.15, 0.2) is 22.7 Å². The van der Waals surface area contributed by atoms with Gasteiger partial charge in [0, 0.05) is 6.54 Å². The van der Waals surface area contributed by atoms with Crippen molar-refractivity contribution in [2.75, 3.05) is 0 Å². The molecule has 0 radical (unpaired) electrons. The normalized spacial score (nSPS) is 16.9. The second-order valence-electron chi connectivity index (χ2n) is 3.99. The van der Waals surface area contributed by atoms with Crippen molar-refractivity contribution in [2.45, 2.75) is 38.3 Å². The van der Waals surface area contributed by atoms with Crippen molar-refractivity contribution in [3.05, 3.63) is 28.2 Å². The molecule has 0 unspecified atom stereocenters. The van der Waals surface area contributed by atoms with Crippen molar-refractivity contribution in [3.63, 3.8) is 0 Å². The summed E-state index contributed by atoms with van der Waals surface area (Å²) < 4.78 is 6.93.